The average molecular weight is 338 g/mol. The smallest absolute Gasteiger partial charge is 0.225 e. The molecule has 1 aromatic heterocycles. The van der Waals surface area contributed by atoms with Crippen LogP contribution in [0.3, 0.4) is 0 Å². The normalized spacial score (nSPS) is 15.1. The summed E-state index contributed by atoms with van der Waals surface area (Å²) < 4.78 is 0. The standard InChI is InChI=1S/C19H26N6/c1-24(2)18-20-12-11-17(23-18)15-21-19(25-13-7-4-8-14-25)22-16-9-5-3-6-10-16/h3,5-6,9-12H,4,7-8,13-15H2,1-2H3,(H,21,22). The Morgan fingerprint density at radius 2 is 1.88 bits per heavy atom. The summed E-state index contributed by atoms with van der Waals surface area (Å²) in [6.07, 6.45) is 5.52. The van der Waals surface area contributed by atoms with Crippen LogP contribution in [0.2, 0.25) is 0 Å². The van der Waals surface area contributed by atoms with Gasteiger partial charge >= 0.3 is 0 Å². The second-order valence-corrected chi connectivity index (χ2v) is 6.42. The van der Waals surface area contributed by atoms with Gasteiger partial charge in [-0.2, -0.15) is 0 Å². The first-order valence-corrected chi connectivity index (χ1v) is 8.83. The van der Waals surface area contributed by atoms with Crippen molar-refractivity contribution in [3.8, 4) is 0 Å². The predicted molar refractivity (Wildman–Crippen MR) is 103 cm³/mol. The molecule has 132 valence electrons. The molecule has 1 fully saturated rings. The molecule has 2 heterocycles. The Hall–Kier alpha value is -2.63. The molecule has 1 aliphatic heterocycles. The fourth-order valence-electron chi connectivity index (χ4n) is 2.82. The third-order valence-electron chi connectivity index (χ3n) is 4.18. The molecule has 0 bridgehead atoms. The molecule has 0 saturated carbocycles. The van der Waals surface area contributed by atoms with Crippen molar-refractivity contribution in [3.63, 3.8) is 0 Å². The molecule has 6 nitrogen and oxygen atoms in total. The maximum atomic E-state index is 4.84. The number of benzene rings is 1. The van der Waals surface area contributed by atoms with Gasteiger partial charge in [0.05, 0.1) is 12.2 Å². The van der Waals surface area contributed by atoms with Crippen molar-refractivity contribution in [2.24, 2.45) is 4.99 Å². The van der Waals surface area contributed by atoms with Crippen LogP contribution in [0, 0.1) is 0 Å². The summed E-state index contributed by atoms with van der Waals surface area (Å²) in [4.78, 5) is 17.9. The molecule has 0 unspecified atom stereocenters. The highest BCUT2D eigenvalue weighted by Gasteiger charge is 2.15. The molecule has 1 aromatic carbocycles. The lowest BCUT2D eigenvalue weighted by Gasteiger charge is -2.30. The predicted octanol–water partition coefficient (Wildman–Crippen LogP) is 3.00. The van der Waals surface area contributed by atoms with Crippen molar-refractivity contribution >= 4 is 17.6 Å². The molecule has 2 aromatic rings. The van der Waals surface area contributed by atoms with Crippen LogP contribution in [0.15, 0.2) is 47.6 Å². The number of nitrogens with one attached hydrogen (secondary N) is 1. The van der Waals surface area contributed by atoms with Gasteiger partial charge in [0.15, 0.2) is 5.96 Å². The number of rotatable bonds is 4. The van der Waals surface area contributed by atoms with Crippen molar-refractivity contribution in [2.75, 3.05) is 37.4 Å². The summed E-state index contributed by atoms with van der Waals surface area (Å²) in [5.41, 5.74) is 1.98. The van der Waals surface area contributed by atoms with Crippen LogP contribution in [0.25, 0.3) is 0 Å². The molecule has 0 aliphatic carbocycles. The number of guanidine groups is 1. The molecular formula is C19H26N6. The summed E-state index contributed by atoms with van der Waals surface area (Å²) >= 11 is 0. The first-order valence-electron chi connectivity index (χ1n) is 8.83. The number of hydrogen-bond donors (Lipinski definition) is 1. The van der Waals surface area contributed by atoms with Gasteiger partial charge in [-0.15, -0.1) is 0 Å². The van der Waals surface area contributed by atoms with Crippen LogP contribution in [-0.2, 0) is 6.54 Å². The minimum Gasteiger partial charge on any atom is -0.347 e. The van der Waals surface area contributed by atoms with Gasteiger partial charge in [-0.05, 0) is 37.5 Å². The molecule has 1 saturated heterocycles. The summed E-state index contributed by atoms with van der Waals surface area (Å²) in [6.45, 7) is 2.63. The fourth-order valence-corrected chi connectivity index (χ4v) is 2.82. The van der Waals surface area contributed by atoms with E-state index >= 15 is 0 Å². The van der Waals surface area contributed by atoms with Gasteiger partial charge in [-0.25, -0.2) is 15.0 Å². The number of likely N-dealkylation sites (tertiary alicyclic amines) is 1. The molecule has 6 heteroatoms. The minimum atomic E-state index is 0.537. The highest BCUT2D eigenvalue weighted by Crippen LogP contribution is 2.13. The van der Waals surface area contributed by atoms with E-state index < -0.39 is 0 Å². The zero-order valence-corrected chi connectivity index (χ0v) is 15.0. The van der Waals surface area contributed by atoms with Crippen LogP contribution in [0.4, 0.5) is 11.6 Å². The van der Waals surface area contributed by atoms with Gasteiger partial charge in [0.2, 0.25) is 5.95 Å². The number of piperidine rings is 1. The van der Waals surface area contributed by atoms with E-state index in [0.29, 0.717) is 12.5 Å². The van der Waals surface area contributed by atoms with E-state index in [2.05, 4.69) is 32.3 Å². The number of anilines is 2. The molecule has 0 spiro atoms. The van der Waals surface area contributed by atoms with E-state index in [1.54, 1.807) is 6.20 Å². The second-order valence-electron chi connectivity index (χ2n) is 6.42. The highest BCUT2D eigenvalue weighted by atomic mass is 15.3. The first-order chi connectivity index (χ1) is 12.2. The van der Waals surface area contributed by atoms with Crippen molar-refractivity contribution < 1.29 is 0 Å². The zero-order chi connectivity index (χ0) is 17.5. The first kappa shape index (κ1) is 17.2. The zero-order valence-electron chi connectivity index (χ0n) is 15.0. The Labute approximate surface area is 149 Å². The van der Waals surface area contributed by atoms with E-state index in [1.807, 2.05) is 43.3 Å². The Kier molecular flexibility index (Phi) is 5.82. The Morgan fingerprint density at radius 1 is 1.12 bits per heavy atom. The third kappa shape index (κ3) is 4.92. The molecule has 0 amide bonds. The number of hydrogen-bond acceptors (Lipinski definition) is 4. The van der Waals surface area contributed by atoms with Crippen LogP contribution in [0.1, 0.15) is 25.0 Å². The minimum absolute atomic E-state index is 0.537. The summed E-state index contributed by atoms with van der Waals surface area (Å²) in [5, 5.41) is 3.48. The average Bonchev–Trinajstić information content (AvgIpc) is 2.67. The van der Waals surface area contributed by atoms with Gasteiger partial charge in [0.1, 0.15) is 0 Å². The van der Waals surface area contributed by atoms with E-state index in [0.717, 1.165) is 30.4 Å². The van der Waals surface area contributed by atoms with Gasteiger partial charge in [-0.3, -0.25) is 0 Å². The van der Waals surface area contributed by atoms with Gasteiger partial charge in [0.25, 0.3) is 0 Å². The fraction of sp³-hybridized carbons (Fsp3) is 0.421. The van der Waals surface area contributed by atoms with E-state index in [9.17, 15) is 0 Å². The lowest BCUT2D eigenvalue weighted by Crippen LogP contribution is -2.40. The number of nitrogens with zero attached hydrogens (tertiary/aromatic N) is 5. The van der Waals surface area contributed by atoms with E-state index in [-0.39, 0.29) is 0 Å². The second kappa shape index (κ2) is 8.46. The van der Waals surface area contributed by atoms with Gasteiger partial charge in [-0.1, -0.05) is 18.2 Å². The molecule has 1 N–H and O–H groups in total. The molecule has 25 heavy (non-hydrogen) atoms. The molecular weight excluding hydrogens is 312 g/mol. The topological polar surface area (TPSA) is 56.7 Å². The van der Waals surface area contributed by atoms with Crippen LogP contribution in [-0.4, -0.2) is 48.0 Å². The molecule has 1 aliphatic rings. The maximum Gasteiger partial charge on any atom is 0.225 e. The quantitative estimate of drug-likeness (QED) is 0.686. The Bertz CT molecular complexity index is 692. The lowest BCUT2D eigenvalue weighted by atomic mass is 10.1. The highest BCUT2D eigenvalue weighted by molar-refractivity contribution is 5.93. The molecule has 0 atom stereocenters. The summed E-state index contributed by atoms with van der Waals surface area (Å²) in [5.74, 6) is 1.64. The van der Waals surface area contributed by atoms with Gasteiger partial charge < -0.3 is 15.1 Å². The third-order valence-corrected chi connectivity index (χ3v) is 4.18. The van der Waals surface area contributed by atoms with Crippen molar-refractivity contribution in [1.29, 1.82) is 0 Å². The van der Waals surface area contributed by atoms with Crippen LogP contribution < -0.4 is 10.2 Å². The maximum absolute atomic E-state index is 4.84. The Balaban J connectivity index is 1.77. The van der Waals surface area contributed by atoms with E-state index in [4.69, 9.17) is 4.99 Å². The Morgan fingerprint density at radius 3 is 2.60 bits per heavy atom. The van der Waals surface area contributed by atoms with Crippen molar-refractivity contribution in [1.82, 2.24) is 14.9 Å². The van der Waals surface area contributed by atoms with Crippen molar-refractivity contribution in [3.05, 3.63) is 48.3 Å². The molecule has 0 radical (unpaired) electrons. The number of aromatic nitrogens is 2. The summed E-state index contributed by atoms with van der Waals surface area (Å²) in [7, 11) is 3.89. The van der Waals surface area contributed by atoms with E-state index in [1.165, 1.54) is 19.3 Å². The monoisotopic (exact) mass is 338 g/mol. The number of para-hydroxylation sites is 1. The number of aliphatic imine (C=N–C) groups is 1. The molecule has 3 rings (SSSR count). The van der Waals surface area contributed by atoms with Gasteiger partial charge in [0, 0.05) is 39.1 Å². The SMILES string of the molecule is CN(C)c1nccc(CN=C(Nc2ccccc2)N2CCCCC2)n1. The van der Waals surface area contributed by atoms with Crippen molar-refractivity contribution in [2.45, 2.75) is 25.8 Å². The van der Waals surface area contributed by atoms with Crippen LogP contribution in [0.5, 0.6) is 0 Å². The lowest BCUT2D eigenvalue weighted by molar-refractivity contribution is 0.340. The van der Waals surface area contributed by atoms with Crippen LogP contribution >= 0.6 is 0 Å². The largest absolute Gasteiger partial charge is 0.347 e. The summed E-state index contributed by atoms with van der Waals surface area (Å²) in [6, 6.07) is 12.1.